The molecule has 0 spiro atoms. The second-order valence-corrected chi connectivity index (χ2v) is 7.07. The van der Waals surface area contributed by atoms with Crippen LogP contribution in [0.4, 0.5) is 0 Å². The topological polar surface area (TPSA) is 60.8 Å². The molecule has 1 aliphatic heterocycles. The normalized spacial score (nSPS) is 20.0. The molecule has 3 rings (SSSR count). The Labute approximate surface area is 146 Å². The van der Waals surface area contributed by atoms with E-state index in [0.717, 1.165) is 5.39 Å². The molecular formula is C19H24N2O4. The van der Waals surface area contributed by atoms with Gasteiger partial charge >= 0.3 is 0 Å². The van der Waals surface area contributed by atoms with E-state index < -0.39 is 5.60 Å². The number of nitrogens with zero attached hydrogens (tertiary/aromatic N) is 2. The summed E-state index contributed by atoms with van der Waals surface area (Å²) in [7, 11) is 1.62. The first-order chi connectivity index (χ1) is 11.9. The Balaban J connectivity index is 1.80. The maximum Gasteiger partial charge on any atom is 0.258 e. The number of carbonyl (C=O) groups is 1. The summed E-state index contributed by atoms with van der Waals surface area (Å²) in [6.07, 6.45) is 1.52. The molecule has 25 heavy (non-hydrogen) atoms. The molecule has 0 saturated carbocycles. The van der Waals surface area contributed by atoms with Gasteiger partial charge in [0.25, 0.3) is 5.56 Å². The lowest BCUT2D eigenvalue weighted by Crippen LogP contribution is -2.56. The van der Waals surface area contributed by atoms with Gasteiger partial charge in [0.05, 0.1) is 18.3 Å². The van der Waals surface area contributed by atoms with Gasteiger partial charge in [-0.3, -0.25) is 9.59 Å². The highest BCUT2D eigenvalue weighted by Gasteiger charge is 2.35. The minimum Gasteiger partial charge on any atom is -0.382 e. The maximum absolute atomic E-state index is 12.8. The second-order valence-electron chi connectivity index (χ2n) is 7.07. The molecule has 1 saturated heterocycles. The molecule has 1 aromatic heterocycles. The van der Waals surface area contributed by atoms with E-state index in [2.05, 4.69) is 0 Å². The number of aromatic nitrogens is 1. The average Bonchev–Trinajstić information content (AvgIpc) is 2.56. The minimum absolute atomic E-state index is 0.0272. The van der Waals surface area contributed by atoms with Crippen molar-refractivity contribution in [3.8, 4) is 0 Å². The van der Waals surface area contributed by atoms with Gasteiger partial charge in [-0.05, 0) is 31.4 Å². The number of amides is 1. The van der Waals surface area contributed by atoms with Crippen LogP contribution in [0.2, 0.25) is 0 Å². The molecule has 2 aromatic rings. The first-order valence-corrected chi connectivity index (χ1v) is 8.42. The number of pyridine rings is 1. The number of fused-ring (bicyclic) bond motifs is 1. The number of morpholine rings is 1. The van der Waals surface area contributed by atoms with Crippen LogP contribution in [0, 0.1) is 0 Å². The van der Waals surface area contributed by atoms with Gasteiger partial charge in [-0.1, -0.05) is 18.2 Å². The van der Waals surface area contributed by atoms with Gasteiger partial charge in [0, 0.05) is 31.8 Å². The zero-order chi connectivity index (χ0) is 18.0. The predicted molar refractivity (Wildman–Crippen MR) is 95.6 cm³/mol. The van der Waals surface area contributed by atoms with Crippen molar-refractivity contribution in [2.45, 2.75) is 32.1 Å². The van der Waals surface area contributed by atoms with Gasteiger partial charge in [0.15, 0.2) is 0 Å². The summed E-state index contributed by atoms with van der Waals surface area (Å²) in [6.45, 7) is 5.34. The van der Waals surface area contributed by atoms with Crippen molar-refractivity contribution in [2.24, 2.45) is 0 Å². The van der Waals surface area contributed by atoms with E-state index in [1.807, 2.05) is 38.1 Å². The number of ether oxygens (including phenoxy) is 2. The molecule has 134 valence electrons. The Morgan fingerprint density at radius 2 is 2.08 bits per heavy atom. The van der Waals surface area contributed by atoms with Crippen molar-refractivity contribution < 1.29 is 14.3 Å². The number of carbonyl (C=O) groups excluding carboxylic acids is 1. The van der Waals surface area contributed by atoms with Crippen LogP contribution in [0.3, 0.4) is 0 Å². The van der Waals surface area contributed by atoms with Gasteiger partial charge in [-0.15, -0.1) is 0 Å². The first kappa shape index (κ1) is 17.6. The summed E-state index contributed by atoms with van der Waals surface area (Å²) in [5.74, 6) is -0.0881. The van der Waals surface area contributed by atoms with Gasteiger partial charge < -0.3 is 18.9 Å². The molecule has 6 heteroatoms. The van der Waals surface area contributed by atoms with E-state index in [1.54, 1.807) is 24.3 Å². The zero-order valence-corrected chi connectivity index (χ0v) is 14.9. The van der Waals surface area contributed by atoms with Crippen LogP contribution in [-0.4, -0.2) is 53.9 Å². The fourth-order valence-electron chi connectivity index (χ4n) is 3.36. The number of hydrogen-bond acceptors (Lipinski definition) is 4. The van der Waals surface area contributed by atoms with Crippen LogP contribution in [0.15, 0.2) is 41.3 Å². The third kappa shape index (κ3) is 3.91. The summed E-state index contributed by atoms with van der Waals surface area (Å²) in [5.41, 5.74) is -0.585. The number of rotatable bonds is 4. The van der Waals surface area contributed by atoms with Crippen molar-refractivity contribution in [3.05, 3.63) is 46.9 Å². The second kappa shape index (κ2) is 6.98. The molecule has 1 atom stereocenters. The molecule has 6 nitrogen and oxygen atoms in total. The minimum atomic E-state index is -0.439. The molecule has 1 amide bonds. The molecule has 0 N–H and O–H groups in total. The standard InChI is InChI=1S/C19H24N2O4/c1-19(2)13-21(10-15(25-19)12-24-3)17(22)11-20-9-8-14-6-4-5-7-16(14)18(20)23/h4-9,15H,10-13H2,1-3H3/t15-/m1/s1. The van der Waals surface area contributed by atoms with E-state index in [1.165, 1.54) is 4.57 Å². The Morgan fingerprint density at radius 1 is 1.32 bits per heavy atom. The maximum atomic E-state index is 12.8. The SMILES string of the molecule is COC[C@H]1CN(C(=O)Cn2ccc3ccccc3c2=O)CC(C)(C)O1. The summed E-state index contributed by atoms with van der Waals surface area (Å²) >= 11 is 0. The van der Waals surface area contributed by atoms with E-state index in [0.29, 0.717) is 25.1 Å². The van der Waals surface area contributed by atoms with Crippen LogP contribution in [0.1, 0.15) is 13.8 Å². The molecule has 1 aliphatic rings. The van der Waals surface area contributed by atoms with Crippen LogP contribution >= 0.6 is 0 Å². The Morgan fingerprint density at radius 3 is 2.84 bits per heavy atom. The fourth-order valence-corrected chi connectivity index (χ4v) is 3.36. The predicted octanol–water partition coefficient (Wildman–Crippen LogP) is 1.65. The van der Waals surface area contributed by atoms with E-state index in [4.69, 9.17) is 9.47 Å². The molecular weight excluding hydrogens is 320 g/mol. The Kier molecular flexibility index (Phi) is 4.92. The highest BCUT2D eigenvalue weighted by Crippen LogP contribution is 2.21. The smallest absolute Gasteiger partial charge is 0.258 e. The highest BCUT2D eigenvalue weighted by atomic mass is 16.5. The number of benzene rings is 1. The van der Waals surface area contributed by atoms with Crippen LogP contribution in [-0.2, 0) is 20.8 Å². The van der Waals surface area contributed by atoms with E-state index >= 15 is 0 Å². The highest BCUT2D eigenvalue weighted by molar-refractivity contribution is 5.82. The van der Waals surface area contributed by atoms with Gasteiger partial charge in [-0.25, -0.2) is 0 Å². The lowest BCUT2D eigenvalue weighted by Gasteiger charge is -2.42. The van der Waals surface area contributed by atoms with Crippen LogP contribution in [0.25, 0.3) is 10.8 Å². The monoisotopic (exact) mass is 344 g/mol. The molecule has 0 bridgehead atoms. The van der Waals surface area contributed by atoms with Crippen molar-refractivity contribution in [1.82, 2.24) is 9.47 Å². The third-order valence-electron chi connectivity index (χ3n) is 4.38. The van der Waals surface area contributed by atoms with E-state index in [9.17, 15) is 9.59 Å². The molecule has 0 radical (unpaired) electrons. The molecule has 2 heterocycles. The summed E-state index contributed by atoms with van der Waals surface area (Å²) in [4.78, 5) is 27.1. The molecule has 0 unspecified atom stereocenters. The van der Waals surface area contributed by atoms with Crippen molar-refractivity contribution in [2.75, 3.05) is 26.8 Å². The van der Waals surface area contributed by atoms with Crippen molar-refractivity contribution in [3.63, 3.8) is 0 Å². The van der Waals surface area contributed by atoms with E-state index in [-0.39, 0.29) is 24.1 Å². The number of methoxy groups -OCH3 is 1. The van der Waals surface area contributed by atoms with Gasteiger partial charge in [-0.2, -0.15) is 0 Å². The summed E-state index contributed by atoms with van der Waals surface area (Å²) in [6, 6.07) is 9.26. The lowest BCUT2D eigenvalue weighted by molar-refractivity contribution is -0.169. The van der Waals surface area contributed by atoms with Crippen molar-refractivity contribution >= 4 is 16.7 Å². The first-order valence-electron chi connectivity index (χ1n) is 8.42. The van der Waals surface area contributed by atoms with Gasteiger partial charge in [0.2, 0.25) is 5.91 Å². The quantitative estimate of drug-likeness (QED) is 0.846. The van der Waals surface area contributed by atoms with Gasteiger partial charge in [0.1, 0.15) is 6.54 Å². The zero-order valence-electron chi connectivity index (χ0n) is 14.9. The molecule has 1 aromatic carbocycles. The summed E-state index contributed by atoms with van der Waals surface area (Å²) < 4.78 is 12.6. The number of hydrogen-bond donors (Lipinski definition) is 0. The van der Waals surface area contributed by atoms with Crippen LogP contribution < -0.4 is 5.56 Å². The van der Waals surface area contributed by atoms with Crippen LogP contribution in [0.5, 0.6) is 0 Å². The summed E-state index contributed by atoms with van der Waals surface area (Å²) in [5, 5.41) is 1.50. The largest absolute Gasteiger partial charge is 0.382 e. The lowest BCUT2D eigenvalue weighted by atomic mass is 10.1. The average molecular weight is 344 g/mol. The van der Waals surface area contributed by atoms with Crippen molar-refractivity contribution in [1.29, 1.82) is 0 Å². The Bertz CT molecular complexity index is 828. The third-order valence-corrected chi connectivity index (χ3v) is 4.38. The fraction of sp³-hybridized carbons (Fsp3) is 0.474. The Hall–Kier alpha value is -2.18. The molecule has 0 aliphatic carbocycles. The molecule has 1 fully saturated rings.